The van der Waals surface area contributed by atoms with Gasteiger partial charge in [0.25, 0.3) is 0 Å². The minimum absolute atomic E-state index is 0.259. The number of nitrogens with zero attached hydrogens (tertiary/aromatic N) is 2. The zero-order chi connectivity index (χ0) is 11.8. The lowest BCUT2D eigenvalue weighted by atomic mass is 10.2. The van der Waals surface area contributed by atoms with Crippen LogP contribution in [0.15, 0.2) is 18.5 Å². The largest absolute Gasteiger partial charge is 0.302 e. The normalized spacial score (nSPS) is 11.0. The molecule has 90 valence electrons. The maximum atomic E-state index is 12.9. The number of alkyl halides is 1. The van der Waals surface area contributed by atoms with Crippen molar-refractivity contribution in [2.24, 2.45) is 0 Å². The maximum Gasteiger partial charge on any atom is 0.141 e. The molecule has 0 fully saturated rings. The molecule has 1 heterocycles. The van der Waals surface area contributed by atoms with Crippen LogP contribution in [0.4, 0.5) is 4.39 Å². The van der Waals surface area contributed by atoms with Crippen LogP contribution in [0.1, 0.15) is 24.8 Å². The average Bonchev–Trinajstić information content (AvgIpc) is 2.24. The SMILES string of the molecule is CN(CCCCCBr)Cc1cncc(F)c1. The zero-order valence-corrected chi connectivity index (χ0v) is 11.2. The van der Waals surface area contributed by atoms with E-state index in [4.69, 9.17) is 0 Å². The molecule has 0 saturated carbocycles. The van der Waals surface area contributed by atoms with E-state index in [9.17, 15) is 4.39 Å². The first-order chi connectivity index (χ1) is 7.72. The number of hydrogen-bond acceptors (Lipinski definition) is 2. The summed E-state index contributed by atoms with van der Waals surface area (Å²) in [5, 5.41) is 1.07. The molecule has 0 aliphatic rings. The second kappa shape index (κ2) is 7.74. The van der Waals surface area contributed by atoms with Crippen molar-refractivity contribution in [3.63, 3.8) is 0 Å². The van der Waals surface area contributed by atoms with Crippen molar-refractivity contribution in [1.82, 2.24) is 9.88 Å². The summed E-state index contributed by atoms with van der Waals surface area (Å²) < 4.78 is 12.9. The number of pyridine rings is 1. The van der Waals surface area contributed by atoms with Crippen LogP contribution in [0.2, 0.25) is 0 Å². The number of halogens is 2. The van der Waals surface area contributed by atoms with Crippen molar-refractivity contribution in [2.75, 3.05) is 18.9 Å². The van der Waals surface area contributed by atoms with E-state index in [1.807, 2.05) is 0 Å². The number of unbranched alkanes of at least 4 members (excludes halogenated alkanes) is 2. The van der Waals surface area contributed by atoms with Gasteiger partial charge in [-0.15, -0.1) is 0 Å². The molecule has 0 radical (unpaired) electrons. The molecule has 0 unspecified atom stereocenters. The van der Waals surface area contributed by atoms with Crippen LogP contribution in [-0.4, -0.2) is 28.8 Å². The van der Waals surface area contributed by atoms with Crippen molar-refractivity contribution >= 4 is 15.9 Å². The van der Waals surface area contributed by atoms with Crippen molar-refractivity contribution < 1.29 is 4.39 Å². The highest BCUT2D eigenvalue weighted by Crippen LogP contribution is 2.06. The molecular weight excluding hydrogens is 271 g/mol. The Morgan fingerprint density at radius 3 is 2.81 bits per heavy atom. The predicted octanol–water partition coefficient (Wildman–Crippen LogP) is 3.22. The molecule has 0 aliphatic carbocycles. The predicted molar refractivity (Wildman–Crippen MR) is 68.2 cm³/mol. The fraction of sp³-hybridized carbons (Fsp3) is 0.583. The van der Waals surface area contributed by atoms with Gasteiger partial charge in [-0.3, -0.25) is 4.98 Å². The molecule has 1 aromatic rings. The topological polar surface area (TPSA) is 16.1 Å². The van der Waals surface area contributed by atoms with E-state index in [1.165, 1.54) is 25.5 Å². The zero-order valence-electron chi connectivity index (χ0n) is 9.63. The number of rotatable bonds is 7. The lowest BCUT2D eigenvalue weighted by Crippen LogP contribution is -2.19. The Bertz CT molecular complexity index is 307. The highest BCUT2D eigenvalue weighted by Gasteiger charge is 2.01. The van der Waals surface area contributed by atoms with Gasteiger partial charge in [-0.1, -0.05) is 22.4 Å². The monoisotopic (exact) mass is 288 g/mol. The summed E-state index contributed by atoms with van der Waals surface area (Å²) in [4.78, 5) is 6.04. The summed E-state index contributed by atoms with van der Waals surface area (Å²) in [5.41, 5.74) is 0.933. The molecule has 0 aromatic carbocycles. The fourth-order valence-corrected chi connectivity index (χ4v) is 1.98. The van der Waals surface area contributed by atoms with E-state index in [1.54, 1.807) is 12.3 Å². The van der Waals surface area contributed by atoms with Gasteiger partial charge in [0, 0.05) is 18.1 Å². The lowest BCUT2D eigenvalue weighted by Gasteiger charge is -2.16. The molecular formula is C12H18BrFN2. The van der Waals surface area contributed by atoms with Gasteiger partial charge in [0.05, 0.1) is 6.20 Å². The molecule has 0 saturated heterocycles. The van der Waals surface area contributed by atoms with Crippen LogP contribution in [0.25, 0.3) is 0 Å². The van der Waals surface area contributed by atoms with Gasteiger partial charge < -0.3 is 4.90 Å². The van der Waals surface area contributed by atoms with Crippen molar-refractivity contribution in [3.8, 4) is 0 Å². The summed E-state index contributed by atoms with van der Waals surface area (Å²) in [7, 11) is 2.05. The van der Waals surface area contributed by atoms with Crippen LogP contribution in [0.5, 0.6) is 0 Å². The molecule has 0 atom stereocenters. The van der Waals surface area contributed by atoms with Crippen LogP contribution in [-0.2, 0) is 6.54 Å². The molecule has 1 aromatic heterocycles. The van der Waals surface area contributed by atoms with Gasteiger partial charge in [0.15, 0.2) is 0 Å². The molecule has 0 N–H and O–H groups in total. The summed E-state index contributed by atoms with van der Waals surface area (Å²) in [6.07, 6.45) is 6.59. The van der Waals surface area contributed by atoms with Gasteiger partial charge in [-0.25, -0.2) is 4.39 Å². The van der Waals surface area contributed by atoms with Gasteiger partial charge in [-0.2, -0.15) is 0 Å². The summed E-state index contributed by atoms with van der Waals surface area (Å²) in [6, 6.07) is 1.54. The molecule has 2 nitrogen and oxygen atoms in total. The van der Waals surface area contributed by atoms with E-state index in [0.717, 1.165) is 24.0 Å². The van der Waals surface area contributed by atoms with Crippen LogP contribution >= 0.6 is 15.9 Å². The Morgan fingerprint density at radius 2 is 2.12 bits per heavy atom. The maximum absolute atomic E-state index is 12.9. The quantitative estimate of drug-likeness (QED) is 0.566. The van der Waals surface area contributed by atoms with E-state index in [0.29, 0.717) is 0 Å². The Hall–Kier alpha value is -0.480. The first-order valence-electron chi connectivity index (χ1n) is 5.56. The smallest absolute Gasteiger partial charge is 0.141 e. The Kier molecular flexibility index (Phi) is 6.57. The third-order valence-electron chi connectivity index (χ3n) is 2.39. The highest BCUT2D eigenvalue weighted by atomic mass is 79.9. The molecule has 0 bridgehead atoms. The van der Waals surface area contributed by atoms with Gasteiger partial charge in [0.1, 0.15) is 5.82 Å². The summed E-state index contributed by atoms with van der Waals surface area (Å²) in [5.74, 6) is -0.259. The fourth-order valence-electron chi connectivity index (χ4n) is 1.59. The van der Waals surface area contributed by atoms with Crippen LogP contribution in [0, 0.1) is 5.82 Å². The molecule has 0 aliphatic heterocycles. The third-order valence-corrected chi connectivity index (χ3v) is 2.95. The average molecular weight is 289 g/mol. The standard InChI is InChI=1S/C12H18BrFN2/c1-16(6-4-2-3-5-13)10-11-7-12(14)9-15-8-11/h7-9H,2-6,10H2,1H3. The third kappa shape index (κ3) is 5.56. The summed E-state index contributed by atoms with van der Waals surface area (Å²) in [6.45, 7) is 1.81. The van der Waals surface area contributed by atoms with Gasteiger partial charge in [0.2, 0.25) is 0 Å². The second-order valence-electron chi connectivity index (χ2n) is 4.00. The van der Waals surface area contributed by atoms with E-state index >= 15 is 0 Å². The molecule has 16 heavy (non-hydrogen) atoms. The number of aromatic nitrogens is 1. The minimum Gasteiger partial charge on any atom is -0.302 e. The molecule has 0 amide bonds. The lowest BCUT2D eigenvalue weighted by molar-refractivity contribution is 0.317. The van der Waals surface area contributed by atoms with E-state index < -0.39 is 0 Å². The highest BCUT2D eigenvalue weighted by molar-refractivity contribution is 9.09. The Morgan fingerprint density at radius 1 is 1.31 bits per heavy atom. The van der Waals surface area contributed by atoms with Crippen molar-refractivity contribution in [3.05, 3.63) is 29.8 Å². The van der Waals surface area contributed by atoms with Gasteiger partial charge in [-0.05, 0) is 38.1 Å². The van der Waals surface area contributed by atoms with Crippen LogP contribution < -0.4 is 0 Å². The van der Waals surface area contributed by atoms with E-state index in [2.05, 4.69) is 32.9 Å². The Labute approximate surface area is 105 Å². The Balaban J connectivity index is 2.25. The molecule has 4 heteroatoms. The summed E-state index contributed by atoms with van der Waals surface area (Å²) >= 11 is 3.41. The number of hydrogen-bond donors (Lipinski definition) is 0. The first-order valence-corrected chi connectivity index (χ1v) is 6.68. The second-order valence-corrected chi connectivity index (χ2v) is 4.79. The van der Waals surface area contributed by atoms with Crippen molar-refractivity contribution in [1.29, 1.82) is 0 Å². The van der Waals surface area contributed by atoms with Gasteiger partial charge >= 0.3 is 0 Å². The molecule has 1 rings (SSSR count). The van der Waals surface area contributed by atoms with Crippen LogP contribution in [0.3, 0.4) is 0 Å². The molecule has 0 spiro atoms. The minimum atomic E-state index is -0.259. The van der Waals surface area contributed by atoms with Crippen molar-refractivity contribution in [2.45, 2.75) is 25.8 Å². The van der Waals surface area contributed by atoms with E-state index in [-0.39, 0.29) is 5.82 Å². The first kappa shape index (κ1) is 13.6.